The standard InChI is InChI=1S/C12H13ClN2O/c13-10-3-1-2-4-11(10)15-12(7-14)9-5-6-16-8-9/h1-4,9,12,15H,5-6,8H2. The molecule has 0 aliphatic carbocycles. The van der Waals surface area contributed by atoms with Gasteiger partial charge in [-0.1, -0.05) is 23.7 Å². The van der Waals surface area contributed by atoms with Crippen molar-refractivity contribution in [2.45, 2.75) is 12.5 Å². The van der Waals surface area contributed by atoms with E-state index in [2.05, 4.69) is 11.4 Å². The maximum atomic E-state index is 9.13. The van der Waals surface area contributed by atoms with Gasteiger partial charge >= 0.3 is 0 Å². The number of hydrogen-bond donors (Lipinski definition) is 1. The molecular formula is C12H13ClN2O. The van der Waals surface area contributed by atoms with Gasteiger partial charge in [0.2, 0.25) is 0 Å². The number of para-hydroxylation sites is 1. The number of ether oxygens (including phenoxy) is 1. The zero-order valence-electron chi connectivity index (χ0n) is 8.82. The summed E-state index contributed by atoms with van der Waals surface area (Å²) in [6.45, 7) is 1.39. The first-order valence-electron chi connectivity index (χ1n) is 5.29. The lowest BCUT2D eigenvalue weighted by atomic mass is 10.00. The van der Waals surface area contributed by atoms with Crippen molar-refractivity contribution in [2.24, 2.45) is 5.92 Å². The third-order valence-corrected chi connectivity index (χ3v) is 3.09. The van der Waals surface area contributed by atoms with Gasteiger partial charge in [0.1, 0.15) is 6.04 Å². The van der Waals surface area contributed by atoms with Gasteiger partial charge in [-0.3, -0.25) is 0 Å². The van der Waals surface area contributed by atoms with Crippen molar-refractivity contribution < 1.29 is 4.74 Å². The Hall–Kier alpha value is -1.24. The summed E-state index contributed by atoms with van der Waals surface area (Å²) in [5.74, 6) is 0.251. The maximum absolute atomic E-state index is 9.13. The van der Waals surface area contributed by atoms with Gasteiger partial charge in [0.05, 0.1) is 23.4 Å². The summed E-state index contributed by atoms with van der Waals surface area (Å²) >= 11 is 6.03. The van der Waals surface area contributed by atoms with Crippen LogP contribution in [0.15, 0.2) is 24.3 Å². The lowest BCUT2D eigenvalue weighted by Gasteiger charge is -2.18. The predicted octanol–water partition coefficient (Wildman–Crippen LogP) is 2.68. The molecule has 0 spiro atoms. The SMILES string of the molecule is N#CC(Nc1ccccc1Cl)C1CCOC1. The highest BCUT2D eigenvalue weighted by Gasteiger charge is 2.25. The van der Waals surface area contributed by atoms with Crippen molar-refractivity contribution in [3.63, 3.8) is 0 Å². The van der Waals surface area contributed by atoms with Crippen molar-refractivity contribution in [1.29, 1.82) is 5.26 Å². The number of benzene rings is 1. The molecule has 1 fully saturated rings. The molecule has 3 nitrogen and oxygen atoms in total. The molecule has 0 bridgehead atoms. The van der Waals surface area contributed by atoms with E-state index in [9.17, 15) is 0 Å². The minimum absolute atomic E-state index is 0.234. The van der Waals surface area contributed by atoms with E-state index in [4.69, 9.17) is 21.6 Å². The van der Waals surface area contributed by atoms with Crippen LogP contribution in [0.25, 0.3) is 0 Å². The largest absolute Gasteiger partial charge is 0.381 e. The van der Waals surface area contributed by atoms with Gasteiger partial charge in [0.15, 0.2) is 0 Å². The minimum Gasteiger partial charge on any atom is -0.381 e. The summed E-state index contributed by atoms with van der Waals surface area (Å²) in [5.41, 5.74) is 0.808. The number of nitrogens with zero attached hydrogens (tertiary/aromatic N) is 1. The summed E-state index contributed by atoms with van der Waals surface area (Å²) in [5, 5.41) is 12.9. The smallest absolute Gasteiger partial charge is 0.119 e. The molecule has 2 atom stereocenters. The summed E-state index contributed by atoms with van der Waals surface area (Å²) in [4.78, 5) is 0. The first kappa shape index (κ1) is 11.3. The van der Waals surface area contributed by atoms with Crippen LogP contribution in [-0.4, -0.2) is 19.3 Å². The molecule has 2 unspecified atom stereocenters. The Labute approximate surface area is 100.0 Å². The number of rotatable bonds is 3. The molecule has 1 aliphatic rings. The molecule has 0 radical (unpaired) electrons. The zero-order valence-corrected chi connectivity index (χ0v) is 9.57. The zero-order chi connectivity index (χ0) is 11.4. The predicted molar refractivity (Wildman–Crippen MR) is 63.4 cm³/mol. The Balaban J connectivity index is 2.07. The third-order valence-electron chi connectivity index (χ3n) is 2.76. The number of nitriles is 1. The summed E-state index contributed by atoms with van der Waals surface area (Å²) in [6.07, 6.45) is 0.926. The van der Waals surface area contributed by atoms with Crippen LogP contribution in [-0.2, 0) is 4.74 Å². The first-order valence-corrected chi connectivity index (χ1v) is 5.67. The molecule has 0 amide bonds. The number of anilines is 1. The van der Waals surface area contributed by atoms with Crippen LogP contribution in [0.2, 0.25) is 5.02 Å². The van der Waals surface area contributed by atoms with E-state index in [0.717, 1.165) is 18.7 Å². The molecular weight excluding hydrogens is 224 g/mol. The fourth-order valence-electron chi connectivity index (χ4n) is 1.82. The number of nitrogens with one attached hydrogen (secondary N) is 1. The lowest BCUT2D eigenvalue weighted by molar-refractivity contribution is 0.185. The number of hydrogen-bond acceptors (Lipinski definition) is 3. The third kappa shape index (κ3) is 2.46. The Bertz CT molecular complexity index is 396. The maximum Gasteiger partial charge on any atom is 0.119 e. The molecule has 1 N–H and O–H groups in total. The van der Waals surface area contributed by atoms with E-state index in [0.29, 0.717) is 11.6 Å². The fraction of sp³-hybridized carbons (Fsp3) is 0.417. The van der Waals surface area contributed by atoms with Crippen LogP contribution in [0.1, 0.15) is 6.42 Å². The van der Waals surface area contributed by atoms with Gasteiger partial charge in [0.25, 0.3) is 0 Å². The highest BCUT2D eigenvalue weighted by Crippen LogP contribution is 2.25. The van der Waals surface area contributed by atoms with E-state index in [-0.39, 0.29) is 12.0 Å². The summed E-state index contributed by atoms with van der Waals surface area (Å²) in [7, 11) is 0. The second kappa shape index (κ2) is 5.20. The highest BCUT2D eigenvalue weighted by atomic mass is 35.5. The summed E-state index contributed by atoms with van der Waals surface area (Å²) < 4.78 is 5.28. The normalized spacial score (nSPS) is 21.4. The molecule has 16 heavy (non-hydrogen) atoms. The molecule has 4 heteroatoms. The van der Waals surface area contributed by atoms with Gasteiger partial charge in [-0.2, -0.15) is 5.26 Å². The van der Waals surface area contributed by atoms with Crippen molar-refractivity contribution in [3.05, 3.63) is 29.3 Å². The van der Waals surface area contributed by atoms with Crippen LogP contribution in [0.5, 0.6) is 0 Å². The molecule has 1 aromatic rings. The summed E-state index contributed by atoms with van der Waals surface area (Å²) in [6, 6.07) is 9.49. The van der Waals surface area contributed by atoms with Gasteiger partial charge in [-0.05, 0) is 18.6 Å². The Kier molecular flexibility index (Phi) is 3.66. The average molecular weight is 237 g/mol. The van der Waals surface area contributed by atoms with Crippen LogP contribution in [0, 0.1) is 17.2 Å². The molecule has 84 valence electrons. The van der Waals surface area contributed by atoms with Crippen molar-refractivity contribution >= 4 is 17.3 Å². The van der Waals surface area contributed by atoms with E-state index >= 15 is 0 Å². The Morgan fingerprint density at radius 2 is 2.31 bits per heavy atom. The molecule has 1 aliphatic heterocycles. The Morgan fingerprint density at radius 3 is 2.94 bits per heavy atom. The van der Waals surface area contributed by atoms with E-state index in [1.165, 1.54) is 0 Å². The molecule has 2 rings (SSSR count). The molecule has 1 saturated heterocycles. The molecule has 1 heterocycles. The van der Waals surface area contributed by atoms with Gasteiger partial charge in [-0.15, -0.1) is 0 Å². The minimum atomic E-state index is -0.234. The second-order valence-electron chi connectivity index (χ2n) is 3.85. The lowest BCUT2D eigenvalue weighted by Crippen LogP contribution is -2.27. The molecule has 0 aromatic heterocycles. The second-order valence-corrected chi connectivity index (χ2v) is 4.26. The van der Waals surface area contributed by atoms with Crippen LogP contribution < -0.4 is 5.32 Å². The van der Waals surface area contributed by atoms with Crippen LogP contribution in [0.3, 0.4) is 0 Å². The first-order chi connectivity index (χ1) is 7.81. The van der Waals surface area contributed by atoms with Gasteiger partial charge < -0.3 is 10.1 Å². The highest BCUT2D eigenvalue weighted by molar-refractivity contribution is 6.33. The van der Waals surface area contributed by atoms with Crippen molar-refractivity contribution in [2.75, 3.05) is 18.5 Å². The van der Waals surface area contributed by atoms with Crippen LogP contribution in [0.4, 0.5) is 5.69 Å². The van der Waals surface area contributed by atoms with E-state index in [1.54, 1.807) is 0 Å². The van der Waals surface area contributed by atoms with E-state index < -0.39 is 0 Å². The average Bonchev–Trinajstić information content (AvgIpc) is 2.81. The Morgan fingerprint density at radius 1 is 1.50 bits per heavy atom. The quantitative estimate of drug-likeness (QED) is 0.878. The van der Waals surface area contributed by atoms with E-state index in [1.807, 2.05) is 24.3 Å². The van der Waals surface area contributed by atoms with Crippen molar-refractivity contribution in [3.8, 4) is 6.07 Å². The van der Waals surface area contributed by atoms with Gasteiger partial charge in [0, 0.05) is 12.5 Å². The number of halogens is 1. The topological polar surface area (TPSA) is 45.0 Å². The molecule has 0 saturated carbocycles. The van der Waals surface area contributed by atoms with Gasteiger partial charge in [-0.25, -0.2) is 0 Å². The monoisotopic (exact) mass is 236 g/mol. The fourth-order valence-corrected chi connectivity index (χ4v) is 2.01. The molecule has 1 aromatic carbocycles. The van der Waals surface area contributed by atoms with Crippen LogP contribution >= 0.6 is 11.6 Å². The van der Waals surface area contributed by atoms with Crippen molar-refractivity contribution in [1.82, 2.24) is 0 Å².